The van der Waals surface area contributed by atoms with Crippen molar-refractivity contribution in [2.75, 3.05) is 18.0 Å². The lowest BCUT2D eigenvalue weighted by atomic mass is 9.94. The highest BCUT2D eigenvalue weighted by Crippen LogP contribution is 2.34. The molecular weight excluding hydrogens is 244 g/mol. The van der Waals surface area contributed by atoms with Crippen LogP contribution in [0.5, 0.6) is 0 Å². The Balaban J connectivity index is 1.76. The number of aryl methyl sites for hydroxylation is 1. The van der Waals surface area contributed by atoms with Gasteiger partial charge in [-0.1, -0.05) is 31.5 Å². The number of benzene rings is 1. The molecule has 0 spiro atoms. The van der Waals surface area contributed by atoms with Crippen molar-refractivity contribution in [1.82, 2.24) is 5.32 Å². The third kappa shape index (κ3) is 2.71. The van der Waals surface area contributed by atoms with Crippen molar-refractivity contribution in [2.24, 2.45) is 5.92 Å². The second kappa shape index (κ2) is 6.17. The van der Waals surface area contributed by atoms with Crippen molar-refractivity contribution in [3.8, 4) is 0 Å². The van der Waals surface area contributed by atoms with Crippen molar-refractivity contribution < 1.29 is 0 Å². The highest BCUT2D eigenvalue weighted by molar-refractivity contribution is 5.56. The first-order valence-electron chi connectivity index (χ1n) is 8.37. The van der Waals surface area contributed by atoms with E-state index >= 15 is 0 Å². The van der Waals surface area contributed by atoms with E-state index in [1.165, 1.54) is 44.3 Å². The summed E-state index contributed by atoms with van der Waals surface area (Å²) in [5, 5.41) is 3.70. The van der Waals surface area contributed by atoms with Crippen LogP contribution in [0.15, 0.2) is 24.3 Å². The van der Waals surface area contributed by atoms with Crippen LogP contribution in [0.2, 0.25) is 0 Å². The van der Waals surface area contributed by atoms with Crippen LogP contribution in [0.3, 0.4) is 0 Å². The van der Waals surface area contributed by atoms with Crippen molar-refractivity contribution in [3.63, 3.8) is 0 Å². The van der Waals surface area contributed by atoms with E-state index in [0.717, 1.165) is 18.5 Å². The molecule has 1 heterocycles. The number of rotatable bonds is 4. The number of anilines is 1. The van der Waals surface area contributed by atoms with Crippen molar-refractivity contribution >= 4 is 5.69 Å². The molecule has 0 radical (unpaired) electrons. The van der Waals surface area contributed by atoms with Crippen LogP contribution in [0.4, 0.5) is 5.69 Å². The van der Waals surface area contributed by atoms with Crippen LogP contribution in [0.25, 0.3) is 0 Å². The minimum absolute atomic E-state index is 0.688. The summed E-state index contributed by atoms with van der Waals surface area (Å²) in [6.45, 7) is 6.96. The van der Waals surface area contributed by atoms with Gasteiger partial charge in [0.1, 0.15) is 0 Å². The van der Waals surface area contributed by atoms with Gasteiger partial charge in [-0.15, -0.1) is 0 Å². The van der Waals surface area contributed by atoms with Gasteiger partial charge in [-0.3, -0.25) is 0 Å². The van der Waals surface area contributed by atoms with Gasteiger partial charge in [0.25, 0.3) is 0 Å². The molecule has 1 fully saturated rings. The van der Waals surface area contributed by atoms with Gasteiger partial charge in [0, 0.05) is 24.3 Å². The maximum absolute atomic E-state index is 3.70. The SMILES string of the molecule is CCNC1CCCC1CN1c2ccccc2CCC1C. The van der Waals surface area contributed by atoms with E-state index in [4.69, 9.17) is 0 Å². The van der Waals surface area contributed by atoms with E-state index < -0.39 is 0 Å². The number of hydrogen-bond acceptors (Lipinski definition) is 2. The second-order valence-corrected chi connectivity index (χ2v) is 6.52. The molecule has 0 aromatic heterocycles. The Morgan fingerprint density at radius 1 is 1.20 bits per heavy atom. The third-order valence-electron chi connectivity index (χ3n) is 5.22. The molecule has 110 valence electrons. The van der Waals surface area contributed by atoms with E-state index in [0.29, 0.717) is 6.04 Å². The molecule has 0 saturated heterocycles. The molecule has 2 heteroatoms. The number of nitrogens with one attached hydrogen (secondary N) is 1. The number of fused-ring (bicyclic) bond motifs is 1. The topological polar surface area (TPSA) is 15.3 Å². The summed E-state index contributed by atoms with van der Waals surface area (Å²) < 4.78 is 0. The Hall–Kier alpha value is -1.02. The van der Waals surface area contributed by atoms with Gasteiger partial charge in [-0.05, 0) is 56.7 Å². The maximum atomic E-state index is 3.70. The van der Waals surface area contributed by atoms with Gasteiger partial charge in [-0.25, -0.2) is 0 Å². The van der Waals surface area contributed by atoms with Crippen LogP contribution in [-0.4, -0.2) is 25.2 Å². The highest BCUT2D eigenvalue weighted by Gasteiger charge is 2.31. The predicted octanol–water partition coefficient (Wildman–Crippen LogP) is 3.61. The van der Waals surface area contributed by atoms with E-state index in [-0.39, 0.29) is 0 Å². The summed E-state index contributed by atoms with van der Waals surface area (Å²) in [5.41, 5.74) is 3.04. The molecule has 2 nitrogen and oxygen atoms in total. The number of nitrogens with zero attached hydrogens (tertiary/aromatic N) is 1. The lowest BCUT2D eigenvalue weighted by Crippen LogP contribution is -2.44. The van der Waals surface area contributed by atoms with Gasteiger partial charge < -0.3 is 10.2 Å². The summed E-state index contributed by atoms with van der Waals surface area (Å²) in [5.74, 6) is 0.823. The largest absolute Gasteiger partial charge is 0.368 e. The fraction of sp³-hybridized carbons (Fsp3) is 0.667. The smallest absolute Gasteiger partial charge is 0.0401 e. The molecule has 1 N–H and O–H groups in total. The summed E-state index contributed by atoms with van der Waals surface area (Å²) >= 11 is 0. The maximum Gasteiger partial charge on any atom is 0.0401 e. The molecular formula is C18H28N2. The first kappa shape index (κ1) is 13.9. The quantitative estimate of drug-likeness (QED) is 0.901. The molecule has 1 aromatic rings. The van der Waals surface area contributed by atoms with Crippen LogP contribution < -0.4 is 10.2 Å². The molecule has 20 heavy (non-hydrogen) atoms. The molecule has 1 aliphatic carbocycles. The van der Waals surface area contributed by atoms with Crippen LogP contribution >= 0.6 is 0 Å². The molecule has 1 aromatic carbocycles. The minimum Gasteiger partial charge on any atom is -0.368 e. The highest BCUT2D eigenvalue weighted by atomic mass is 15.2. The summed E-state index contributed by atoms with van der Waals surface area (Å²) in [7, 11) is 0. The normalized spacial score (nSPS) is 29.5. The Bertz CT molecular complexity index is 443. The van der Waals surface area contributed by atoms with Gasteiger partial charge >= 0.3 is 0 Å². The van der Waals surface area contributed by atoms with Crippen molar-refractivity contribution in [2.45, 2.75) is 58.0 Å². The fourth-order valence-electron chi connectivity index (χ4n) is 4.08. The number of hydrogen-bond donors (Lipinski definition) is 1. The number of para-hydroxylation sites is 1. The first-order valence-corrected chi connectivity index (χ1v) is 8.37. The fourth-order valence-corrected chi connectivity index (χ4v) is 4.08. The Kier molecular flexibility index (Phi) is 4.30. The van der Waals surface area contributed by atoms with Gasteiger partial charge in [0.2, 0.25) is 0 Å². The molecule has 0 bridgehead atoms. The average molecular weight is 272 g/mol. The zero-order valence-electron chi connectivity index (χ0n) is 12.9. The molecule has 1 aliphatic heterocycles. The zero-order valence-corrected chi connectivity index (χ0v) is 12.9. The third-order valence-corrected chi connectivity index (χ3v) is 5.22. The Morgan fingerprint density at radius 2 is 2.05 bits per heavy atom. The van der Waals surface area contributed by atoms with Crippen LogP contribution in [0, 0.1) is 5.92 Å². The summed E-state index contributed by atoms with van der Waals surface area (Å²) in [6, 6.07) is 10.4. The predicted molar refractivity (Wildman–Crippen MR) is 86.4 cm³/mol. The monoisotopic (exact) mass is 272 g/mol. The lowest BCUT2D eigenvalue weighted by Gasteiger charge is -2.40. The molecule has 1 saturated carbocycles. The molecule has 3 unspecified atom stereocenters. The summed E-state index contributed by atoms with van der Waals surface area (Å²) in [6.07, 6.45) is 6.70. The standard InChI is InChI=1S/C18H28N2/c1-3-19-17-9-6-8-16(17)13-20-14(2)11-12-15-7-4-5-10-18(15)20/h4-5,7,10,14,16-17,19H,3,6,8-9,11-13H2,1-2H3. The van der Waals surface area contributed by atoms with Crippen molar-refractivity contribution in [1.29, 1.82) is 0 Å². The molecule has 3 rings (SSSR count). The van der Waals surface area contributed by atoms with Crippen LogP contribution in [-0.2, 0) is 6.42 Å². The van der Waals surface area contributed by atoms with E-state index in [2.05, 4.69) is 48.3 Å². The van der Waals surface area contributed by atoms with Crippen molar-refractivity contribution in [3.05, 3.63) is 29.8 Å². The first-order chi connectivity index (χ1) is 9.79. The Labute approximate surface area is 123 Å². The van der Waals surface area contributed by atoms with Gasteiger partial charge in [0.05, 0.1) is 0 Å². The zero-order chi connectivity index (χ0) is 13.9. The molecule has 0 amide bonds. The summed E-state index contributed by atoms with van der Waals surface area (Å²) in [4.78, 5) is 2.68. The molecule has 2 aliphatic rings. The molecule has 3 atom stereocenters. The second-order valence-electron chi connectivity index (χ2n) is 6.52. The Morgan fingerprint density at radius 3 is 2.90 bits per heavy atom. The lowest BCUT2D eigenvalue weighted by molar-refractivity contribution is 0.389. The van der Waals surface area contributed by atoms with Gasteiger partial charge in [-0.2, -0.15) is 0 Å². The van der Waals surface area contributed by atoms with Gasteiger partial charge in [0.15, 0.2) is 0 Å². The van der Waals surface area contributed by atoms with E-state index in [1.807, 2.05) is 0 Å². The minimum atomic E-state index is 0.688. The average Bonchev–Trinajstić information content (AvgIpc) is 2.90. The van der Waals surface area contributed by atoms with Crippen LogP contribution in [0.1, 0.15) is 45.1 Å². The van der Waals surface area contributed by atoms with E-state index in [1.54, 1.807) is 5.56 Å². The van der Waals surface area contributed by atoms with E-state index in [9.17, 15) is 0 Å².